The van der Waals surface area contributed by atoms with Crippen molar-refractivity contribution in [2.24, 2.45) is 0 Å². The highest BCUT2D eigenvalue weighted by molar-refractivity contribution is 5.86. The number of H-pyrrole nitrogens is 3. The van der Waals surface area contributed by atoms with Gasteiger partial charge in [-0.2, -0.15) is 0 Å². The van der Waals surface area contributed by atoms with E-state index in [-0.39, 0.29) is 11.3 Å². The molecule has 0 atom stereocenters. The van der Waals surface area contributed by atoms with Gasteiger partial charge < -0.3 is 10.1 Å². The maximum absolute atomic E-state index is 11.7. The van der Waals surface area contributed by atoms with E-state index in [2.05, 4.69) is 15.2 Å². The van der Waals surface area contributed by atoms with Crippen LogP contribution in [0.15, 0.2) is 16.9 Å². The molecule has 2 aromatic heterocycles. The summed E-state index contributed by atoms with van der Waals surface area (Å²) in [5.41, 5.74) is 1.72. The predicted molar refractivity (Wildman–Crippen MR) is 64.6 cm³/mol. The highest BCUT2D eigenvalue weighted by Gasteiger charge is 2.14. The van der Waals surface area contributed by atoms with Crippen molar-refractivity contribution in [2.75, 3.05) is 0 Å². The molecule has 1 fully saturated rings. The average molecular weight is 245 g/mol. The van der Waals surface area contributed by atoms with E-state index in [1.807, 2.05) is 0 Å². The van der Waals surface area contributed by atoms with Gasteiger partial charge in [-0.3, -0.25) is 15.0 Å². The standard InChI is InChI=1S/C12H11N3O3/c16-11-8(10(14-15-11)6-1-2-6)5-7-3-4-9(13-7)12(17)18/h3-5,13-14H,1-2H2,(H,15,16)(H,17,18). The van der Waals surface area contributed by atoms with Crippen LogP contribution in [-0.4, -0.2) is 26.3 Å². The highest BCUT2D eigenvalue weighted by atomic mass is 16.4. The number of carboxylic acid groups (broad SMARTS) is 1. The molecule has 0 bridgehead atoms. The van der Waals surface area contributed by atoms with Crippen LogP contribution in [0.25, 0.3) is 11.6 Å². The van der Waals surface area contributed by atoms with E-state index in [1.165, 1.54) is 11.6 Å². The molecule has 2 aromatic rings. The lowest BCUT2D eigenvalue weighted by Gasteiger charge is -1.86. The van der Waals surface area contributed by atoms with Gasteiger partial charge in [0.2, 0.25) is 0 Å². The molecule has 0 unspecified atom stereocenters. The summed E-state index contributed by atoms with van der Waals surface area (Å²) in [7, 11) is 0. The minimum absolute atomic E-state index is 0.105. The fourth-order valence-electron chi connectivity index (χ4n) is 1.87. The van der Waals surface area contributed by atoms with E-state index in [0.717, 1.165) is 18.2 Å². The van der Waals surface area contributed by atoms with Gasteiger partial charge in [-0.15, -0.1) is 0 Å². The lowest BCUT2D eigenvalue weighted by atomic mass is 10.3. The first kappa shape index (κ1) is 10.6. The van der Waals surface area contributed by atoms with Gasteiger partial charge in [0.05, 0.1) is 10.6 Å². The number of nitrogens with one attached hydrogen (secondary N) is 3. The summed E-state index contributed by atoms with van der Waals surface area (Å²) in [6.45, 7) is 0. The quantitative estimate of drug-likeness (QED) is 0.573. The third-order valence-corrected chi connectivity index (χ3v) is 2.91. The first-order valence-corrected chi connectivity index (χ1v) is 5.58. The minimum Gasteiger partial charge on any atom is -0.477 e. The van der Waals surface area contributed by atoms with Gasteiger partial charge in [-0.05, 0) is 36.6 Å². The van der Waals surface area contributed by atoms with Crippen molar-refractivity contribution in [1.82, 2.24) is 15.2 Å². The Bertz CT molecular complexity index is 785. The molecule has 0 saturated heterocycles. The monoisotopic (exact) mass is 245 g/mol. The van der Waals surface area contributed by atoms with Gasteiger partial charge in [0.25, 0.3) is 5.56 Å². The fraction of sp³-hybridized carbons (Fsp3) is 0.167. The molecule has 6 nitrogen and oxygen atoms in total. The molecule has 3 rings (SSSR count). The summed E-state index contributed by atoms with van der Waals surface area (Å²) in [4.78, 5) is 25.1. The van der Waals surface area contributed by atoms with Gasteiger partial charge in [-0.1, -0.05) is 0 Å². The smallest absolute Gasteiger partial charge is 0.352 e. The lowest BCUT2D eigenvalue weighted by molar-refractivity contribution is 0.0691. The molecule has 0 radical (unpaired) electrons. The number of aromatic nitrogens is 3. The van der Waals surface area contributed by atoms with Crippen molar-refractivity contribution in [2.45, 2.75) is 12.8 Å². The van der Waals surface area contributed by atoms with Gasteiger partial charge in [0.1, 0.15) is 5.69 Å². The van der Waals surface area contributed by atoms with Crippen LogP contribution in [0.3, 0.4) is 0 Å². The summed E-state index contributed by atoms with van der Waals surface area (Å²) >= 11 is 0. The number of carboxylic acids is 1. The predicted octanol–water partition coefficient (Wildman–Crippen LogP) is -0.497. The van der Waals surface area contributed by atoms with Crippen molar-refractivity contribution in [3.63, 3.8) is 0 Å². The maximum atomic E-state index is 11.7. The van der Waals surface area contributed by atoms with E-state index >= 15 is 0 Å². The van der Waals surface area contributed by atoms with E-state index in [9.17, 15) is 9.59 Å². The van der Waals surface area contributed by atoms with Crippen molar-refractivity contribution in [3.05, 3.63) is 44.4 Å². The van der Waals surface area contributed by atoms with Crippen LogP contribution >= 0.6 is 0 Å². The van der Waals surface area contributed by atoms with Gasteiger partial charge in [-0.25, -0.2) is 4.79 Å². The summed E-state index contributed by atoms with van der Waals surface area (Å²) in [6.07, 6.45) is 3.65. The topological polar surface area (TPSA) is 102 Å². The van der Waals surface area contributed by atoms with Crippen molar-refractivity contribution in [1.29, 1.82) is 0 Å². The molecule has 0 amide bonds. The Hall–Kier alpha value is -2.50. The van der Waals surface area contributed by atoms with Crippen molar-refractivity contribution in [3.8, 4) is 0 Å². The summed E-state index contributed by atoms with van der Waals surface area (Å²) in [6, 6.07) is 3.11. The Labute approximate surface area is 101 Å². The van der Waals surface area contributed by atoms with Crippen LogP contribution in [-0.2, 0) is 0 Å². The Balaban J connectivity index is 2.17. The Kier molecular flexibility index (Phi) is 2.22. The zero-order valence-corrected chi connectivity index (χ0v) is 9.41. The number of hydrogen-bond donors (Lipinski definition) is 4. The van der Waals surface area contributed by atoms with Crippen LogP contribution in [0.5, 0.6) is 0 Å². The van der Waals surface area contributed by atoms with Crippen LogP contribution in [0.1, 0.15) is 29.0 Å². The number of hydrogen-bond acceptors (Lipinski definition) is 2. The number of carbonyl (C=O) groups is 1. The van der Waals surface area contributed by atoms with Crippen molar-refractivity contribution >= 4 is 17.6 Å². The van der Waals surface area contributed by atoms with Crippen LogP contribution in [0, 0.1) is 0 Å². The molecular weight excluding hydrogens is 234 g/mol. The number of aromatic carboxylic acids is 1. The zero-order valence-electron chi connectivity index (χ0n) is 9.41. The summed E-state index contributed by atoms with van der Waals surface area (Å²) < 4.78 is 0. The molecule has 4 N–H and O–H groups in total. The largest absolute Gasteiger partial charge is 0.477 e. The van der Waals surface area contributed by atoms with Gasteiger partial charge in [0.15, 0.2) is 0 Å². The summed E-state index contributed by atoms with van der Waals surface area (Å²) in [5.74, 6) is -1.02. The van der Waals surface area contributed by atoms with Gasteiger partial charge >= 0.3 is 5.97 Å². The second kappa shape index (κ2) is 3.76. The molecule has 2 heterocycles. The van der Waals surface area contributed by atoms with E-state index in [0.29, 0.717) is 10.9 Å². The average Bonchev–Trinajstić information content (AvgIpc) is 2.95. The first-order chi connectivity index (χ1) is 8.65. The summed E-state index contributed by atoms with van der Waals surface area (Å²) in [5, 5.41) is 15.6. The minimum atomic E-state index is -1.02. The lowest BCUT2D eigenvalue weighted by Crippen LogP contribution is -2.33. The van der Waals surface area contributed by atoms with E-state index in [1.54, 1.807) is 12.1 Å². The van der Waals surface area contributed by atoms with Gasteiger partial charge in [0, 0.05) is 5.69 Å². The Morgan fingerprint density at radius 2 is 2.06 bits per heavy atom. The third kappa shape index (κ3) is 1.77. The van der Waals surface area contributed by atoms with Crippen LogP contribution in [0.2, 0.25) is 0 Å². The molecule has 1 saturated carbocycles. The molecule has 6 heteroatoms. The molecule has 0 spiro atoms. The normalized spacial score (nSPS) is 15.1. The SMILES string of the molecule is O=C(O)c1ccc(C=c2c(=O)[nH][nH]c2=C2CC2)[nH]1. The van der Waals surface area contributed by atoms with Crippen LogP contribution < -0.4 is 16.1 Å². The second-order valence-corrected chi connectivity index (χ2v) is 4.25. The third-order valence-electron chi connectivity index (χ3n) is 2.91. The molecule has 92 valence electrons. The highest BCUT2D eigenvalue weighted by Crippen LogP contribution is 2.26. The molecule has 0 aliphatic heterocycles. The second-order valence-electron chi connectivity index (χ2n) is 4.25. The molecular formula is C12H11N3O3. The number of aromatic amines is 3. The molecule has 1 aliphatic rings. The molecule has 0 aromatic carbocycles. The fourth-order valence-corrected chi connectivity index (χ4v) is 1.87. The Morgan fingerprint density at radius 1 is 1.28 bits per heavy atom. The molecule has 18 heavy (non-hydrogen) atoms. The first-order valence-electron chi connectivity index (χ1n) is 5.58. The maximum Gasteiger partial charge on any atom is 0.352 e. The van der Waals surface area contributed by atoms with Crippen molar-refractivity contribution < 1.29 is 9.90 Å². The van der Waals surface area contributed by atoms with E-state index in [4.69, 9.17) is 5.11 Å². The number of rotatable bonds is 2. The Morgan fingerprint density at radius 3 is 2.67 bits per heavy atom. The zero-order chi connectivity index (χ0) is 12.7. The van der Waals surface area contributed by atoms with E-state index < -0.39 is 5.97 Å². The van der Waals surface area contributed by atoms with Crippen LogP contribution in [0.4, 0.5) is 0 Å². The molecule has 1 aliphatic carbocycles.